The number of hydrogen-bond donors (Lipinski definition) is 0. The van der Waals surface area contributed by atoms with Crippen molar-refractivity contribution in [2.45, 2.75) is 65.2 Å². The molecule has 0 atom stereocenters. The first-order valence-corrected chi connectivity index (χ1v) is 6.93. The second-order valence-corrected chi connectivity index (χ2v) is 5.03. The lowest BCUT2D eigenvalue weighted by atomic mass is 10.1. The molecule has 0 amide bonds. The van der Waals surface area contributed by atoms with E-state index in [1.807, 2.05) is 6.08 Å². The van der Waals surface area contributed by atoms with Crippen molar-refractivity contribution < 1.29 is 9.53 Å². The number of esters is 1. The van der Waals surface area contributed by atoms with Crippen LogP contribution < -0.4 is 0 Å². The van der Waals surface area contributed by atoms with E-state index in [1.54, 1.807) is 0 Å². The molecule has 0 saturated carbocycles. The van der Waals surface area contributed by atoms with E-state index in [0.717, 1.165) is 19.3 Å². The average molecular weight is 240 g/mol. The Bertz CT molecular complexity index is 197. The van der Waals surface area contributed by atoms with Gasteiger partial charge in [0.2, 0.25) is 0 Å². The van der Waals surface area contributed by atoms with Gasteiger partial charge in [-0.15, -0.1) is 6.58 Å². The lowest BCUT2D eigenvalue weighted by Crippen LogP contribution is -2.09. The number of carbonyl (C=O) groups excluding carboxylic acids is 1. The first-order chi connectivity index (χ1) is 8.16. The summed E-state index contributed by atoms with van der Waals surface area (Å²) in [6.07, 6.45) is 10.8. The number of unbranched alkanes of at least 4 members (excludes halogenated alkanes) is 6. The summed E-state index contributed by atoms with van der Waals surface area (Å²) in [5, 5.41) is 0. The molecule has 0 aromatic rings. The molecule has 17 heavy (non-hydrogen) atoms. The lowest BCUT2D eigenvalue weighted by molar-refractivity contribution is -0.144. The van der Waals surface area contributed by atoms with Crippen LogP contribution in [0.1, 0.15) is 65.2 Å². The minimum absolute atomic E-state index is 0.0367. The maximum Gasteiger partial charge on any atom is 0.305 e. The Morgan fingerprint density at radius 2 is 1.71 bits per heavy atom. The van der Waals surface area contributed by atoms with E-state index < -0.39 is 0 Å². The first kappa shape index (κ1) is 16.2. The fourth-order valence-electron chi connectivity index (χ4n) is 1.60. The number of carbonyl (C=O) groups is 1. The Morgan fingerprint density at radius 3 is 2.29 bits per heavy atom. The van der Waals surface area contributed by atoms with E-state index in [9.17, 15) is 4.79 Å². The third-order valence-electron chi connectivity index (χ3n) is 2.62. The Kier molecular flexibility index (Phi) is 11.1. The van der Waals surface area contributed by atoms with Gasteiger partial charge in [-0.1, -0.05) is 45.6 Å². The van der Waals surface area contributed by atoms with Crippen LogP contribution in [0.2, 0.25) is 0 Å². The van der Waals surface area contributed by atoms with Gasteiger partial charge in [-0.25, -0.2) is 0 Å². The summed E-state index contributed by atoms with van der Waals surface area (Å²) in [5.41, 5.74) is 0. The SMILES string of the molecule is C=CCCCCCCCCC(=O)OCC(C)C. The minimum Gasteiger partial charge on any atom is -0.465 e. The molecule has 0 saturated heterocycles. The van der Waals surface area contributed by atoms with Crippen molar-refractivity contribution in [2.24, 2.45) is 5.92 Å². The standard InChI is InChI=1S/C15H28O2/c1-4-5-6-7-8-9-10-11-12-15(16)17-13-14(2)3/h4,14H,1,5-13H2,2-3H3. The Morgan fingerprint density at radius 1 is 1.12 bits per heavy atom. The van der Waals surface area contributed by atoms with Gasteiger partial charge < -0.3 is 4.74 Å². The van der Waals surface area contributed by atoms with Crippen molar-refractivity contribution >= 4 is 5.97 Å². The van der Waals surface area contributed by atoms with E-state index in [0.29, 0.717) is 18.9 Å². The molecule has 0 bridgehead atoms. The Balaban J connectivity index is 3.16. The first-order valence-electron chi connectivity index (χ1n) is 6.93. The van der Waals surface area contributed by atoms with Crippen molar-refractivity contribution in [2.75, 3.05) is 6.61 Å². The highest BCUT2D eigenvalue weighted by atomic mass is 16.5. The van der Waals surface area contributed by atoms with Gasteiger partial charge in [0.25, 0.3) is 0 Å². The van der Waals surface area contributed by atoms with E-state index in [-0.39, 0.29) is 5.97 Å². The van der Waals surface area contributed by atoms with Crippen LogP contribution in [0.25, 0.3) is 0 Å². The number of ether oxygens (including phenoxy) is 1. The van der Waals surface area contributed by atoms with Crippen LogP contribution >= 0.6 is 0 Å². The molecule has 0 rings (SSSR count). The van der Waals surface area contributed by atoms with Crippen molar-refractivity contribution in [3.63, 3.8) is 0 Å². The molecular formula is C15H28O2. The topological polar surface area (TPSA) is 26.3 Å². The zero-order valence-corrected chi connectivity index (χ0v) is 11.5. The molecule has 100 valence electrons. The van der Waals surface area contributed by atoms with E-state index in [1.165, 1.54) is 25.7 Å². The summed E-state index contributed by atoms with van der Waals surface area (Å²) in [6.45, 7) is 8.37. The molecule has 2 heteroatoms. The van der Waals surface area contributed by atoms with Crippen molar-refractivity contribution in [3.8, 4) is 0 Å². The fraction of sp³-hybridized carbons (Fsp3) is 0.800. The number of hydrogen-bond acceptors (Lipinski definition) is 2. The van der Waals surface area contributed by atoms with Crippen LogP contribution in [-0.4, -0.2) is 12.6 Å². The molecule has 0 aliphatic heterocycles. The molecule has 0 spiro atoms. The lowest BCUT2D eigenvalue weighted by Gasteiger charge is -2.06. The average Bonchev–Trinajstić information content (AvgIpc) is 2.30. The van der Waals surface area contributed by atoms with Gasteiger partial charge >= 0.3 is 5.97 Å². The van der Waals surface area contributed by atoms with Gasteiger partial charge in [0.15, 0.2) is 0 Å². The second-order valence-electron chi connectivity index (χ2n) is 5.03. The van der Waals surface area contributed by atoms with Crippen LogP contribution in [0.4, 0.5) is 0 Å². The fourth-order valence-corrected chi connectivity index (χ4v) is 1.60. The van der Waals surface area contributed by atoms with Gasteiger partial charge in [-0.3, -0.25) is 4.79 Å². The molecule has 0 heterocycles. The molecule has 0 aliphatic rings. The second kappa shape index (κ2) is 11.7. The van der Waals surface area contributed by atoms with Crippen molar-refractivity contribution in [1.82, 2.24) is 0 Å². The highest BCUT2D eigenvalue weighted by molar-refractivity contribution is 5.69. The normalized spacial score (nSPS) is 10.5. The summed E-state index contributed by atoms with van der Waals surface area (Å²) in [7, 11) is 0. The number of rotatable bonds is 11. The number of allylic oxidation sites excluding steroid dienone is 1. The van der Waals surface area contributed by atoms with Crippen molar-refractivity contribution in [1.29, 1.82) is 0 Å². The molecule has 0 unspecified atom stereocenters. The van der Waals surface area contributed by atoms with E-state index >= 15 is 0 Å². The third kappa shape index (κ3) is 13.1. The molecule has 0 N–H and O–H groups in total. The van der Waals surface area contributed by atoms with Gasteiger partial charge in [0.1, 0.15) is 0 Å². The molecule has 2 nitrogen and oxygen atoms in total. The molecule has 0 fully saturated rings. The Labute approximate surface area is 106 Å². The van der Waals surface area contributed by atoms with Gasteiger partial charge in [0, 0.05) is 6.42 Å². The minimum atomic E-state index is -0.0367. The Hall–Kier alpha value is -0.790. The summed E-state index contributed by atoms with van der Waals surface area (Å²) >= 11 is 0. The van der Waals surface area contributed by atoms with Gasteiger partial charge in [-0.2, -0.15) is 0 Å². The highest BCUT2D eigenvalue weighted by Gasteiger charge is 2.03. The van der Waals surface area contributed by atoms with Gasteiger partial charge in [-0.05, 0) is 25.2 Å². The highest BCUT2D eigenvalue weighted by Crippen LogP contribution is 2.09. The van der Waals surface area contributed by atoms with E-state index in [4.69, 9.17) is 4.74 Å². The maximum absolute atomic E-state index is 11.3. The molecule has 0 aromatic heterocycles. The molecule has 0 radical (unpaired) electrons. The van der Waals surface area contributed by atoms with Crippen LogP contribution in [-0.2, 0) is 9.53 Å². The van der Waals surface area contributed by atoms with Crippen LogP contribution in [0.5, 0.6) is 0 Å². The zero-order valence-electron chi connectivity index (χ0n) is 11.5. The van der Waals surface area contributed by atoms with Gasteiger partial charge in [0.05, 0.1) is 6.61 Å². The smallest absolute Gasteiger partial charge is 0.305 e. The molecule has 0 aromatic carbocycles. The summed E-state index contributed by atoms with van der Waals surface area (Å²) in [4.78, 5) is 11.3. The third-order valence-corrected chi connectivity index (χ3v) is 2.62. The quantitative estimate of drug-likeness (QED) is 0.302. The van der Waals surface area contributed by atoms with Crippen LogP contribution in [0, 0.1) is 5.92 Å². The predicted octanol–water partition coefficient (Wildman–Crippen LogP) is 4.49. The zero-order chi connectivity index (χ0) is 12.9. The molecular weight excluding hydrogens is 212 g/mol. The molecule has 0 aliphatic carbocycles. The van der Waals surface area contributed by atoms with E-state index in [2.05, 4.69) is 20.4 Å². The monoisotopic (exact) mass is 240 g/mol. The largest absolute Gasteiger partial charge is 0.465 e. The predicted molar refractivity (Wildman–Crippen MR) is 72.9 cm³/mol. The summed E-state index contributed by atoms with van der Waals surface area (Å²) < 4.78 is 5.11. The van der Waals surface area contributed by atoms with Crippen molar-refractivity contribution in [3.05, 3.63) is 12.7 Å². The van der Waals surface area contributed by atoms with Crippen LogP contribution in [0.15, 0.2) is 12.7 Å². The maximum atomic E-state index is 11.3. The van der Waals surface area contributed by atoms with Crippen LogP contribution in [0.3, 0.4) is 0 Å². The summed E-state index contributed by atoms with van der Waals surface area (Å²) in [5.74, 6) is 0.397. The summed E-state index contributed by atoms with van der Waals surface area (Å²) in [6, 6.07) is 0.